The number of pyridine rings is 1. The predicted molar refractivity (Wildman–Crippen MR) is 157 cm³/mol. The molecule has 2 N–H and O–H groups in total. The summed E-state index contributed by atoms with van der Waals surface area (Å²) in [6, 6.07) is 22.8. The van der Waals surface area contributed by atoms with Gasteiger partial charge in [0.2, 0.25) is 0 Å². The molecule has 38 heavy (non-hydrogen) atoms. The Labute approximate surface area is 232 Å². The first-order chi connectivity index (χ1) is 17.9. The molecule has 0 atom stereocenters. The molecule has 2 amide bonds. The quantitative estimate of drug-likeness (QED) is 0.272. The van der Waals surface area contributed by atoms with Gasteiger partial charge < -0.3 is 15.5 Å². The first-order valence-corrected chi connectivity index (χ1v) is 14.2. The van der Waals surface area contributed by atoms with Gasteiger partial charge in [-0.1, -0.05) is 18.2 Å². The van der Waals surface area contributed by atoms with Gasteiger partial charge >= 0.3 is 6.03 Å². The van der Waals surface area contributed by atoms with Crippen LogP contribution in [0.5, 0.6) is 0 Å². The highest BCUT2D eigenvalue weighted by molar-refractivity contribution is 7.94. The van der Waals surface area contributed by atoms with Gasteiger partial charge in [-0.3, -0.25) is 4.31 Å². The van der Waals surface area contributed by atoms with Crippen LogP contribution in [0.2, 0.25) is 0 Å². The third kappa shape index (κ3) is 6.09. The van der Waals surface area contributed by atoms with E-state index in [-0.39, 0.29) is 22.6 Å². The van der Waals surface area contributed by atoms with Crippen LogP contribution >= 0.6 is 23.7 Å². The van der Waals surface area contributed by atoms with Gasteiger partial charge in [-0.15, -0.1) is 23.7 Å². The van der Waals surface area contributed by atoms with Gasteiger partial charge in [-0.25, -0.2) is 18.2 Å². The second-order valence-corrected chi connectivity index (χ2v) is 12.0. The summed E-state index contributed by atoms with van der Waals surface area (Å²) in [6.07, 6.45) is 4.18. The molecular weight excluding hydrogens is 542 g/mol. The normalized spacial score (nSPS) is 13.0. The molecule has 8 nitrogen and oxygen atoms in total. The maximum atomic E-state index is 13.3. The van der Waals surface area contributed by atoms with E-state index in [1.807, 2.05) is 36.4 Å². The number of aromatic nitrogens is 1. The minimum absolute atomic E-state index is 0. The van der Waals surface area contributed by atoms with Crippen LogP contribution in [0.4, 0.5) is 27.7 Å². The van der Waals surface area contributed by atoms with Crippen molar-refractivity contribution in [2.75, 3.05) is 40.0 Å². The van der Waals surface area contributed by atoms with Crippen LogP contribution in [-0.2, 0) is 10.0 Å². The van der Waals surface area contributed by atoms with E-state index in [1.54, 1.807) is 48.7 Å². The van der Waals surface area contributed by atoms with Gasteiger partial charge in [0, 0.05) is 48.1 Å². The van der Waals surface area contributed by atoms with Crippen LogP contribution in [0.1, 0.15) is 12.8 Å². The van der Waals surface area contributed by atoms with Crippen molar-refractivity contribution in [3.05, 3.63) is 85.1 Å². The molecule has 2 aromatic carbocycles. The van der Waals surface area contributed by atoms with E-state index in [0.29, 0.717) is 17.1 Å². The molecule has 198 valence electrons. The van der Waals surface area contributed by atoms with Crippen LogP contribution in [0, 0.1) is 0 Å². The van der Waals surface area contributed by atoms with E-state index >= 15 is 0 Å². The Balaban J connectivity index is 0.00000336. The lowest BCUT2D eigenvalue weighted by Gasteiger charge is -2.19. The number of sulfonamides is 1. The molecule has 0 bridgehead atoms. The molecule has 4 aromatic rings. The van der Waals surface area contributed by atoms with Crippen molar-refractivity contribution >= 4 is 62.7 Å². The van der Waals surface area contributed by atoms with E-state index in [1.165, 1.54) is 35.5 Å². The first-order valence-electron chi connectivity index (χ1n) is 11.9. The maximum Gasteiger partial charge on any atom is 0.323 e. The first kappa shape index (κ1) is 27.4. The summed E-state index contributed by atoms with van der Waals surface area (Å²) in [5.74, 6) is 0.959. The zero-order valence-corrected chi connectivity index (χ0v) is 23.2. The molecule has 11 heteroatoms. The van der Waals surface area contributed by atoms with Crippen molar-refractivity contribution in [2.24, 2.45) is 0 Å². The van der Waals surface area contributed by atoms with Crippen LogP contribution in [-0.4, -0.2) is 39.6 Å². The SMILES string of the molecule is CN(c1ccc(NC(=O)Nc2ccccc2)cc1)S(=O)(=O)c1ccc(-c2ccc(N3CCCC3)nc2)s1.Cl. The fourth-order valence-electron chi connectivity index (χ4n) is 4.12. The van der Waals surface area contributed by atoms with Crippen LogP contribution in [0.15, 0.2) is 89.3 Å². The van der Waals surface area contributed by atoms with Crippen molar-refractivity contribution in [1.82, 2.24) is 4.98 Å². The van der Waals surface area contributed by atoms with Crippen LogP contribution in [0.25, 0.3) is 10.4 Å². The number of hydrogen-bond donors (Lipinski definition) is 2. The Bertz CT molecular complexity index is 1470. The number of rotatable bonds is 7. The highest BCUT2D eigenvalue weighted by atomic mass is 35.5. The topological polar surface area (TPSA) is 94.6 Å². The summed E-state index contributed by atoms with van der Waals surface area (Å²) in [7, 11) is -2.23. The summed E-state index contributed by atoms with van der Waals surface area (Å²) in [6.45, 7) is 2.05. The number of anilines is 4. The molecule has 1 aliphatic rings. The zero-order valence-electron chi connectivity index (χ0n) is 20.7. The number of halogens is 1. The summed E-state index contributed by atoms with van der Waals surface area (Å²) in [4.78, 5) is 19.9. The van der Waals surface area contributed by atoms with E-state index in [4.69, 9.17) is 0 Å². The van der Waals surface area contributed by atoms with Crippen molar-refractivity contribution in [2.45, 2.75) is 17.1 Å². The fraction of sp³-hybridized carbons (Fsp3) is 0.185. The summed E-state index contributed by atoms with van der Waals surface area (Å²) in [5.41, 5.74) is 2.60. The molecule has 1 fully saturated rings. The molecule has 5 rings (SSSR count). The number of thiophene rings is 1. The lowest BCUT2D eigenvalue weighted by molar-refractivity contribution is 0.262. The summed E-state index contributed by atoms with van der Waals surface area (Å²) < 4.78 is 28.1. The lowest BCUT2D eigenvalue weighted by Crippen LogP contribution is -2.25. The third-order valence-electron chi connectivity index (χ3n) is 6.18. The average Bonchev–Trinajstić information content (AvgIpc) is 3.63. The molecule has 0 saturated carbocycles. The van der Waals surface area contributed by atoms with Crippen molar-refractivity contribution in [3.8, 4) is 10.4 Å². The highest BCUT2D eigenvalue weighted by Gasteiger charge is 2.24. The smallest absolute Gasteiger partial charge is 0.323 e. The molecule has 0 spiro atoms. The number of nitrogens with zero attached hydrogens (tertiary/aromatic N) is 3. The van der Waals surface area contributed by atoms with E-state index in [9.17, 15) is 13.2 Å². The molecule has 0 radical (unpaired) electrons. The number of hydrogen-bond acceptors (Lipinski definition) is 6. The van der Waals surface area contributed by atoms with Gasteiger partial charge in [0.15, 0.2) is 0 Å². The Morgan fingerprint density at radius 1 is 0.895 bits per heavy atom. The Hall–Kier alpha value is -3.60. The Morgan fingerprint density at radius 2 is 1.55 bits per heavy atom. The molecule has 3 heterocycles. The number of para-hydroxylation sites is 1. The van der Waals surface area contributed by atoms with Gasteiger partial charge in [-0.2, -0.15) is 0 Å². The predicted octanol–water partition coefficient (Wildman–Crippen LogP) is 6.30. The largest absolute Gasteiger partial charge is 0.357 e. The zero-order chi connectivity index (χ0) is 25.8. The Morgan fingerprint density at radius 3 is 2.18 bits per heavy atom. The lowest BCUT2D eigenvalue weighted by atomic mass is 10.2. The van der Waals surface area contributed by atoms with Crippen molar-refractivity contribution < 1.29 is 13.2 Å². The fourth-order valence-corrected chi connectivity index (χ4v) is 6.79. The number of amides is 2. The monoisotopic (exact) mass is 569 g/mol. The van der Waals surface area contributed by atoms with E-state index in [2.05, 4.69) is 20.5 Å². The van der Waals surface area contributed by atoms with Crippen LogP contribution in [0.3, 0.4) is 0 Å². The molecule has 0 aliphatic carbocycles. The maximum absolute atomic E-state index is 13.3. The highest BCUT2D eigenvalue weighted by Crippen LogP contribution is 2.34. The van der Waals surface area contributed by atoms with Crippen molar-refractivity contribution in [1.29, 1.82) is 0 Å². The summed E-state index contributed by atoms with van der Waals surface area (Å²) >= 11 is 1.22. The minimum atomic E-state index is -3.75. The molecule has 0 unspecified atom stereocenters. The number of carbonyl (C=O) groups excluding carboxylic acids is 1. The minimum Gasteiger partial charge on any atom is -0.357 e. The van der Waals surface area contributed by atoms with E-state index < -0.39 is 10.0 Å². The second-order valence-electron chi connectivity index (χ2n) is 8.68. The molecule has 1 aliphatic heterocycles. The number of urea groups is 1. The Kier molecular flexibility index (Phi) is 8.55. The molecule has 1 saturated heterocycles. The third-order valence-corrected chi connectivity index (χ3v) is 9.57. The second kappa shape index (κ2) is 11.8. The summed E-state index contributed by atoms with van der Waals surface area (Å²) in [5, 5.41) is 5.49. The van der Waals surface area contributed by atoms with Crippen molar-refractivity contribution in [3.63, 3.8) is 0 Å². The van der Waals surface area contributed by atoms with E-state index in [0.717, 1.165) is 29.3 Å². The standard InChI is InChI=1S/C27H27N5O3S2.ClH/c1-31(23-12-10-22(11-13-23)30-27(33)29-21-7-3-2-4-8-21)37(34,35)26-16-14-24(36-26)20-9-15-25(28-19-20)32-17-5-6-18-32;/h2-4,7-16,19H,5-6,17-18H2,1H3,(H2,29,30,33);1H. The number of benzene rings is 2. The van der Waals surface area contributed by atoms with Gasteiger partial charge in [0.05, 0.1) is 5.69 Å². The number of nitrogens with one attached hydrogen (secondary N) is 2. The van der Waals surface area contributed by atoms with Gasteiger partial charge in [0.25, 0.3) is 10.0 Å². The number of carbonyl (C=O) groups is 1. The molecule has 2 aromatic heterocycles. The van der Waals surface area contributed by atoms with Gasteiger partial charge in [0.1, 0.15) is 10.0 Å². The average molecular weight is 570 g/mol. The molecular formula is C27H28ClN5O3S2. The van der Waals surface area contributed by atoms with Gasteiger partial charge in [-0.05, 0) is 73.5 Å². The van der Waals surface area contributed by atoms with Crippen LogP contribution < -0.4 is 19.8 Å².